The summed E-state index contributed by atoms with van der Waals surface area (Å²) in [7, 11) is 1.66. The number of nitro groups is 1. The molecule has 1 aliphatic rings. The van der Waals surface area contributed by atoms with Gasteiger partial charge in [-0.3, -0.25) is 19.8 Å². The quantitative estimate of drug-likeness (QED) is 0.424. The number of thiophene rings is 1. The second kappa shape index (κ2) is 9.50. The summed E-state index contributed by atoms with van der Waals surface area (Å²) in [5.74, 6) is 0.591. The van der Waals surface area contributed by atoms with Crippen molar-refractivity contribution < 1.29 is 14.5 Å². The Morgan fingerprint density at radius 3 is 2.56 bits per heavy atom. The number of carbonyl (C=O) groups is 1. The highest BCUT2D eigenvalue weighted by molar-refractivity contribution is 7.10. The monoisotopic (exact) mass is 451 g/mol. The lowest BCUT2D eigenvalue weighted by molar-refractivity contribution is -0.384. The summed E-state index contributed by atoms with van der Waals surface area (Å²) >= 11 is 1.77. The van der Waals surface area contributed by atoms with Crippen molar-refractivity contribution in [2.24, 2.45) is 0 Å². The normalized spacial score (nSPS) is 18.1. The molecule has 0 saturated heterocycles. The molecule has 0 saturated carbocycles. The van der Waals surface area contributed by atoms with Gasteiger partial charge in [0, 0.05) is 41.7 Å². The minimum atomic E-state index is -0.475. The molecular weight excluding hydrogens is 426 g/mol. The van der Waals surface area contributed by atoms with Crippen LogP contribution in [-0.2, 0) is 6.42 Å². The molecule has 3 aromatic rings. The summed E-state index contributed by atoms with van der Waals surface area (Å²) in [6.07, 6.45) is 0.974. The summed E-state index contributed by atoms with van der Waals surface area (Å²) in [6, 6.07) is 16.5. The number of hydrogen-bond acceptors (Lipinski definition) is 6. The van der Waals surface area contributed by atoms with E-state index in [1.807, 2.05) is 12.1 Å². The molecule has 1 N–H and O–H groups in total. The predicted molar refractivity (Wildman–Crippen MR) is 124 cm³/mol. The molecule has 0 fully saturated rings. The molecule has 4 rings (SSSR count). The van der Waals surface area contributed by atoms with Gasteiger partial charge in [0.2, 0.25) is 0 Å². The van der Waals surface area contributed by atoms with Crippen LogP contribution in [0.3, 0.4) is 0 Å². The molecule has 32 heavy (non-hydrogen) atoms. The lowest BCUT2D eigenvalue weighted by atomic mass is 9.91. The van der Waals surface area contributed by atoms with E-state index in [1.165, 1.54) is 40.3 Å². The van der Waals surface area contributed by atoms with Crippen molar-refractivity contribution in [3.8, 4) is 5.75 Å². The van der Waals surface area contributed by atoms with Crippen molar-refractivity contribution in [1.82, 2.24) is 10.2 Å². The molecule has 2 atom stereocenters. The number of carbonyl (C=O) groups excluding carboxylic acids is 1. The predicted octanol–water partition coefficient (Wildman–Crippen LogP) is 4.43. The number of benzene rings is 2. The first-order chi connectivity index (χ1) is 15.5. The third kappa shape index (κ3) is 4.51. The average Bonchev–Trinajstić information content (AvgIpc) is 3.27. The molecule has 0 spiro atoms. The summed E-state index contributed by atoms with van der Waals surface area (Å²) < 4.78 is 5.32. The first kappa shape index (κ1) is 22.0. The Balaban J connectivity index is 1.48. The Hall–Kier alpha value is -3.23. The second-order valence-electron chi connectivity index (χ2n) is 7.84. The third-order valence-corrected chi connectivity index (χ3v) is 6.88. The van der Waals surface area contributed by atoms with Crippen LogP contribution in [0.2, 0.25) is 0 Å². The molecule has 0 aliphatic carbocycles. The van der Waals surface area contributed by atoms with Crippen molar-refractivity contribution in [3.63, 3.8) is 0 Å². The van der Waals surface area contributed by atoms with E-state index in [0.29, 0.717) is 24.7 Å². The highest BCUT2D eigenvalue weighted by atomic mass is 32.1. The van der Waals surface area contributed by atoms with Crippen molar-refractivity contribution in [1.29, 1.82) is 0 Å². The Bertz CT molecular complexity index is 1100. The fourth-order valence-corrected chi connectivity index (χ4v) is 5.29. The van der Waals surface area contributed by atoms with E-state index in [0.717, 1.165) is 12.2 Å². The zero-order chi connectivity index (χ0) is 22.7. The molecule has 1 aliphatic heterocycles. The van der Waals surface area contributed by atoms with E-state index in [2.05, 4.69) is 40.7 Å². The Morgan fingerprint density at radius 2 is 1.91 bits per heavy atom. The molecule has 0 radical (unpaired) electrons. The van der Waals surface area contributed by atoms with E-state index in [9.17, 15) is 14.9 Å². The van der Waals surface area contributed by atoms with Crippen LogP contribution in [-0.4, -0.2) is 42.0 Å². The average molecular weight is 452 g/mol. The van der Waals surface area contributed by atoms with Gasteiger partial charge in [-0.15, -0.1) is 11.3 Å². The standard InChI is InChI=1S/C24H25N3O4S/c1-16-15-19-11-14-32-23(19)22(17-5-9-21(31-2)10-6-17)26(16)13-12-25-24(28)18-3-7-20(8-4-18)27(29)30/h3-11,14,16,22H,12-13,15H2,1-2H3,(H,25,28)/t16-,22+/m1/s1. The fourth-order valence-electron chi connectivity index (χ4n) is 4.21. The molecule has 1 amide bonds. The van der Waals surface area contributed by atoms with Gasteiger partial charge < -0.3 is 10.1 Å². The largest absolute Gasteiger partial charge is 0.497 e. The summed E-state index contributed by atoms with van der Waals surface area (Å²) in [6.45, 7) is 3.39. The Kier molecular flexibility index (Phi) is 6.53. The number of ether oxygens (including phenoxy) is 1. The van der Waals surface area contributed by atoms with E-state index in [-0.39, 0.29) is 17.6 Å². The van der Waals surface area contributed by atoms with E-state index in [4.69, 9.17) is 4.74 Å². The van der Waals surface area contributed by atoms with Gasteiger partial charge in [-0.05, 0) is 60.2 Å². The highest BCUT2D eigenvalue weighted by Crippen LogP contribution is 2.40. The van der Waals surface area contributed by atoms with E-state index >= 15 is 0 Å². The Labute approximate surface area is 190 Å². The summed E-state index contributed by atoms with van der Waals surface area (Å²) in [5, 5.41) is 15.9. The van der Waals surface area contributed by atoms with Crippen LogP contribution in [0.25, 0.3) is 0 Å². The van der Waals surface area contributed by atoms with Crippen LogP contribution in [0.1, 0.15) is 39.3 Å². The smallest absolute Gasteiger partial charge is 0.269 e. The third-order valence-electron chi connectivity index (χ3n) is 5.87. The van der Waals surface area contributed by atoms with E-state index < -0.39 is 4.92 Å². The maximum absolute atomic E-state index is 12.5. The van der Waals surface area contributed by atoms with Gasteiger partial charge >= 0.3 is 0 Å². The molecule has 8 heteroatoms. The van der Waals surface area contributed by atoms with Crippen molar-refractivity contribution in [2.45, 2.75) is 25.4 Å². The first-order valence-corrected chi connectivity index (χ1v) is 11.3. The minimum Gasteiger partial charge on any atom is -0.497 e. The lowest BCUT2D eigenvalue weighted by Crippen LogP contribution is -2.45. The molecule has 7 nitrogen and oxygen atoms in total. The van der Waals surface area contributed by atoms with E-state index in [1.54, 1.807) is 18.4 Å². The molecule has 2 aromatic carbocycles. The lowest BCUT2D eigenvalue weighted by Gasteiger charge is -2.41. The van der Waals surface area contributed by atoms with Gasteiger partial charge in [0.25, 0.3) is 11.6 Å². The molecule has 1 aromatic heterocycles. The summed E-state index contributed by atoms with van der Waals surface area (Å²) in [5.41, 5.74) is 2.96. The number of nitrogens with zero attached hydrogens (tertiary/aromatic N) is 2. The number of nitrogens with one attached hydrogen (secondary N) is 1. The summed E-state index contributed by atoms with van der Waals surface area (Å²) in [4.78, 5) is 26.6. The van der Waals surface area contributed by atoms with Crippen molar-refractivity contribution >= 4 is 22.9 Å². The van der Waals surface area contributed by atoms with Gasteiger partial charge in [0.1, 0.15) is 5.75 Å². The van der Waals surface area contributed by atoms with Gasteiger partial charge in [-0.25, -0.2) is 0 Å². The van der Waals surface area contributed by atoms with Crippen LogP contribution in [0, 0.1) is 10.1 Å². The highest BCUT2D eigenvalue weighted by Gasteiger charge is 2.34. The minimum absolute atomic E-state index is 0.0298. The maximum atomic E-state index is 12.5. The molecule has 0 unspecified atom stereocenters. The number of hydrogen-bond donors (Lipinski definition) is 1. The topological polar surface area (TPSA) is 84.7 Å². The van der Waals surface area contributed by atoms with Crippen molar-refractivity contribution in [3.05, 3.63) is 91.7 Å². The van der Waals surface area contributed by atoms with Gasteiger partial charge in [-0.2, -0.15) is 0 Å². The number of amides is 1. The second-order valence-corrected chi connectivity index (χ2v) is 8.78. The van der Waals surface area contributed by atoms with Crippen LogP contribution in [0.5, 0.6) is 5.75 Å². The number of non-ortho nitro benzene ring substituents is 1. The zero-order valence-corrected chi connectivity index (χ0v) is 18.8. The van der Waals surface area contributed by atoms with Crippen molar-refractivity contribution in [2.75, 3.05) is 20.2 Å². The maximum Gasteiger partial charge on any atom is 0.269 e. The fraction of sp³-hybridized carbons (Fsp3) is 0.292. The van der Waals surface area contributed by atoms with Gasteiger partial charge in [-0.1, -0.05) is 12.1 Å². The molecule has 2 heterocycles. The van der Waals surface area contributed by atoms with Crippen LogP contribution in [0.4, 0.5) is 5.69 Å². The number of fused-ring (bicyclic) bond motifs is 1. The zero-order valence-electron chi connectivity index (χ0n) is 18.0. The number of nitro benzene ring substituents is 1. The Morgan fingerprint density at radius 1 is 1.19 bits per heavy atom. The van der Waals surface area contributed by atoms with Gasteiger partial charge in [0.05, 0.1) is 18.1 Å². The van der Waals surface area contributed by atoms with Crippen LogP contribution >= 0.6 is 11.3 Å². The van der Waals surface area contributed by atoms with Gasteiger partial charge in [0.15, 0.2) is 0 Å². The first-order valence-electron chi connectivity index (χ1n) is 10.5. The SMILES string of the molecule is COc1ccc([C@H]2c3sccc3C[C@@H](C)N2CCNC(=O)c2ccc([N+](=O)[O-])cc2)cc1. The number of methoxy groups -OCH3 is 1. The molecular formula is C24H25N3O4S. The number of rotatable bonds is 7. The van der Waals surface area contributed by atoms with Crippen LogP contribution < -0.4 is 10.1 Å². The molecule has 166 valence electrons. The molecule has 0 bridgehead atoms. The van der Waals surface area contributed by atoms with Crippen LogP contribution in [0.15, 0.2) is 60.0 Å².